The molecule has 0 radical (unpaired) electrons. The molecule has 2 aromatic rings. The van der Waals surface area contributed by atoms with E-state index in [-0.39, 0.29) is 22.5 Å². The van der Waals surface area contributed by atoms with Gasteiger partial charge in [-0.25, -0.2) is 8.78 Å². The number of nitriles is 1. The average molecular weight is 289 g/mol. The van der Waals surface area contributed by atoms with E-state index in [0.29, 0.717) is 0 Å². The Bertz CT molecular complexity index is 770. The highest BCUT2D eigenvalue weighted by atomic mass is 19.1. The van der Waals surface area contributed by atoms with Crippen LogP contribution in [0.2, 0.25) is 0 Å². The van der Waals surface area contributed by atoms with Crippen LogP contribution in [0.1, 0.15) is 11.1 Å². The second-order valence-corrected chi connectivity index (χ2v) is 4.31. The number of nitrogens with zero attached hydrogens (tertiary/aromatic N) is 2. The van der Waals surface area contributed by atoms with Gasteiger partial charge in [0, 0.05) is 17.8 Å². The molecular weight excluding hydrogens is 280 g/mol. The van der Waals surface area contributed by atoms with Crippen LogP contribution in [0, 0.1) is 40.0 Å². The molecular formula is C14H9F2N3O2. The summed E-state index contributed by atoms with van der Waals surface area (Å²) in [5.41, 5.74) is -0.319. The monoisotopic (exact) mass is 289 g/mol. The molecule has 0 aliphatic carbocycles. The minimum absolute atomic E-state index is 0.110. The van der Waals surface area contributed by atoms with Crippen molar-refractivity contribution in [2.45, 2.75) is 6.92 Å². The van der Waals surface area contributed by atoms with Crippen LogP contribution in [0.15, 0.2) is 30.3 Å². The Balaban J connectivity index is 2.41. The Morgan fingerprint density at radius 3 is 2.57 bits per heavy atom. The molecule has 0 aliphatic rings. The average Bonchev–Trinajstić information content (AvgIpc) is 2.44. The van der Waals surface area contributed by atoms with Gasteiger partial charge in [0.15, 0.2) is 0 Å². The zero-order valence-electron chi connectivity index (χ0n) is 10.9. The van der Waals surface area contributed by atoms with Gasteiger partial charge in [-0.05, 0) is 30.7 Å². The van der Waals surface area contributed by atoms with Gasteiger partial charge >= 0.3 is 0 Å². The van der Waals surface area contributed by atoms with Gasteiger partial charge in [-0.2, -0.15) is 5.26 Å². The Morgan fingerprint density at radius 2 is 1.95 bits per heavy atom. The lowest BCUT2D eigenvalue weighted by Gasteiger charge is -2.09. The van der Waals surface area contributed by atoms with Gasteiger partial charge in [-0.3, -0.25) is 10.1 Å². The van der Waals surface area contributed by atoms with Crippen molar-refractivity contribution in [3.05, 3.63) is 63.2 Å². The van der Waals surface area contributed by atoms with E-state index >= 15 is 0 Å². The molecule has 0 atom stereocenters. The number of nitro benzene ring substituents is 1. The summed E-state index contributed by atoms with van der Waals surface area (Å²) in [5, 5.41) is 22.2. The van der Waals surface area contributed by atoms with Crippen molar-refractivity contribution in [2.75, 3.05) is 5.32 Å². The van der Waals surface area contributed by atoms with E-state index < -0.39 is 22.2 Å². The summed E-state index contributed by atoms with van der Waals surface area (Å²) in [7, 11) is 0. The molecule has 106 valence electrons. The first kappa shape index (κ1) is 14.4. The Kier molecular flexibility index (Phi) is 3.80. The number of hydrogen-bond donors (Lipinski definition) is 1. The Labute approximate surface area is 118 Å². The standard InChI is InChI=1S/C14H9F2N3O2/c1-8-4-12(16)13(6-11(8)15)18-10-3-2-9(7-17)14(5-10)19(20)21/h2-6,18H,1H3. The van der Waals surface area contributed by atoms with E-state index in [1.807, 2.05) is 0 Å². The van der Waals surface area contributed by atoms with E-state index in [2.05, 4.69) is 5.32 Å². The molecule has 0 aromatic heterocycles. The zero-order valence-corrected chi connectivity index (χ0v) is 10.9. The second kappa shape index (κ2) is 5.54. The summed E-state index contributed by atoms with van der Waals surface area (Å²) in [6.45, 7) is 1.43. The predicted octanol–water partition coefficient (Wildman–Crippen LogP) is 3.80. The third-order valence-corrected chi connectivity index (χ3v) is 2.84. The van der Waals surface area contributed by atoms with Crippen molar-refractivity contribution in [1.29, 1.82) is 5.26 Å². The summed E-state index contributed by atoms with van der Waals surface area (Å²) in [6.07, 6.45) is 0. The van der Waals surface area contributed by atoms with Gasteiger partial charge in [-0.1, -0.05) is 0 Å². The maximum atomic E-state index is 13.7. The molecule has 0 saturated carbocycles. The third kappa shape index (κ3) is 2.95. The minimum Gasteiger partial charge on any atom is -0.353 e. The number of hydrogen-bond acceptors (Lipinski definition) is 4. The molecule has 1 N–H and O–H groups in total. The zero-order chi connectivity index (χ0) is 15.6. The largest absolute Gasteiger partial charge is 0.353 e. The van der Waals surface area contributed by atoms with E-state index in [0.717, 1.165) is 18.2 Å². The number of nitrogens with one attached hydrogen (secondary N) is 1. The van der Waals surface area contributed by atoms with Gasteiger partial charge in [0.25, 0.3) is 5.69 Å². The number of anilines is 2. The first-order valence-corrected chi connectivity index (χ1v) is 5.83. The van der Waals surface area contributed by atoms with Crippen LogP contribution in [0.4, 0.5) is 25.8 Å². The molecule has 0 amide bonds. The minimum atomic E-state index is -0.712. The summed E-state index contributed by atoms with van der Waals surface area (Å²) in [6, 6.07) is 7.39. The van der Waals surface area contributed by atoms with Crippen LogP contribution >= 0.6 is 0 Å². The predicted molar refractivity (Wildman–Crippen MR) is 72.2 cm³/mol. The van der Waals surface area contributed by atoms with Gasteiger partial charge in [-0.15, -0.1) is 0 Å². The van der Waals surface area contributed by atoms with Crippen molar-refractivity contribution < 1.29 is 13.7 Å². The Morgan fingerprint density at radius 1 is 1.24 bits per heavy atom. The van der Waals surface area contributed by atoms with Crippen molar-refractivity contribution in [3.8, 4) is 6.07 Å². The lowest BCUT2D eigenvalue weighted by molar-refractivity contribution is -0.385. The van der Waals surface area contributed by atoms with Crippen LogP contribution in [0.3, 0.4) is 0 Å². The molecule has 0 unspecified atom stereocenters. The molecule has 0 spiro atoms. The van der Waals surface area contributed by atoms with Crippen molar-refractivity contribution in [3.63, 3.8) is 0 Å². The molecule has 21 heavy (non-hydrogen) atoms. The van der Waals surface area contributed by atoms with Crippen LogP contribution in [-0.4, -0.2) is 4.92 Å². The number of nitro groups is 1. The maximum absolute atomic E-state index is 13.7. The molecule has 0 heterocycles. The highest BCUT2D eigenvalue weighted by Crippen LogP contribution is 2.27. The van der Waals surface area contributed by atoms with Crippen LogP contribution in [0.5, 0.6) is 0 Å². The molecule has 0 bridgehead atoms. The van der Waals surface area contributed by atoms with Crippen LogP contribution in [0.25, 0.3) is 0 Å². The fourth-order valence-corrected chi connectivity index (χ4v) is 1.75. The van der Waals surface area contributed by atoms with Gasteiger partial charge < -0.3 is 5.32 Å². The lowest BCUT2D eigenvalue weighted by Crippen LogP contribution is -1.99. The van der Waals surface area contributed by atoms with Gasteiger partial charge in [0.2, 0.25) is 0 Å². The third-order valence-electron chi connectivity index (χ3n) is 2.84. The molecule has 0 saturated heterocycles. The van der Waals surface area contributed by atoms with E-state index in [4.69, 9.17) is 5.26 Å². The van der Waals surface area contributed by atoms with Crippen molar-refractivity contribution in [2.24, 2.45) is 0 Å². The van der Waals surface area contributed by atoms with Crippen molar-refractivity contribution in [1.82, 2.24) is 0 Å². The molecule has 2 aromatic carbocycles. The quantitative estimate of drug-likeness (QED) is 0.688. The van der Waals surface area contributed by atoms with Crippen LogP contribution in [-0.2, 0) is 0 Å². The fraction of sp³-hybridized carbons (Fsp3) is 0.0714. The van der Waals surface area contributed by atoms with Crippen molar-refractivity contribution >= 4 is 17.1 Å². The molecule has 0 aliphatic heterocycles. The molecule has 2 rings (SSSR count). The topological polar surface area (TPSA) is 79.0 Å². The highest BCUT2D eigenvalue weighted by molar-refractivity contribution is 5.66. The highest BCUT2D eigenvalue weighted by Gasteiger charge is 2.15. The second-order valence-electron chi connectivity index (χ2n) is 4.31. The number of aryl methyl sites for hydroxylation is 1. The lowest BCUT2D eigenvalue weighted by atomic mass is 10.1. The van der Waals surface area contributed by atoms with E-state index in [1.165, 1.54) is 19.1 Å². The van der Waals surface area contributed by atoms with Gasteiger partial charge in [0.05, 0.1) is 10.6 Å². The van der Waals surface area contributed by atoms with E-state index in [9.17, 15) is 18.9 Å². The van der Waals surface area contributed by atoms with Crippen LogP contribution < -0.4 is 5.32 Å². The molecule has 0 fully saturated rings. The molecule has 5 nitrogen and oxygen atoms in total. The van der Waals surface area contributed by atoms with Gasteiger partial charge in [0.1, 0.15) is 23.3 Å². The smallest absolute Gasteiger partial charge is 0.289 e. The summed E-state index contributed by atoms with van der Waals surface area (Å²) < 4.78 is 27.1. The summed E-state index contributed by atoms with van der Waals surface area (Å²) in [4.78, 5) is 10.1. The summed E-state index contributed by atoms with van der Waals surface area (Å²) in [5.74, 6) is -1.28. The molecule has 7 heteroatoms. The van der Waals surface area contributed by atoms with E-state index in [1.54, 1.807) is 6.07 Å². The number of rotatable bonds is 3. The fourth-order valence-electron chi connectivity index (χ4n) is 1.75. The first-order valence-electron chi connectivity index (χ1n) is 5.83. The first-order chi connectivity index (χ1) is 9.92. The summed E-state index contributed by atoms with van der Waals surface area (Å²) >= 11 is 0. The SMILES string of the molecule is Cc1cc(F)c(Nc2ccc(C#N)c([N+](=O)[O-])c2)cc1F. The normalized spacial score (nSPS) is 10.0. The number of benzene rings is 2. The Hall–Kier alpha value is -3.01. The number of halogens is 2. The maximum Gasteiger partial charge on any atom is 0.289 e.